The molecule has 4 saturated carbocycles. The van der Waals surface area contributed by atoms with Gasteiger partial charge < -0.3 is 4.74 Å². The SMILES string of the molecule is CCC[C@H]1CC[C@H]([C@H]2CC[C@H](C(OC(c3ccc(C#N)cc3)[C@H]3CC[C@H]([C@H]4CC[C@H](CCC)CC4)CC3)c3ccc(C#N)cc3)CC2)CC1. The van der Waals surface area contributed by atoms with Gasteiger partial charge in [-0.1, -0.05) is 89.5 Å². The van der Waals surface area contributed by atoms with Gasteiger partial charge in [0.1, 0.15) is 0 Å². The fourth-order valence-electron chi connectivity index (χ4n) is 11.1. The van der Waals surface area contributed by atoms with Crippen molar-refractivity contribution in [2.45, 2.75) is 154 Å². The quantitative estimate of drug-likeness (QED) is 0.228. The van der Waals surface area contributed by atoms with E-state index in [1.54, 1.807) is 0 Å². The van der Waals surface area contributed by atoms with E-state index in [9.17, 15) is 10.5 Å². The second-order valence-electron chi connectivity index (χ2n) is 16.9. The van der Waals surface area contributed by atoms with Crippen LogP contribution in [-0.4, -0.2) is 0 Å². The first kappa shape index (κ1) is 36.2. The van der Waals surface area contributed by atoms with Crippen LogP contribution in [0.3, 0.4) is 0 Å². The fraction of sp³-hybridized carbons (Fsp3) is 0.696. The molecule has 4 aliphatic rings. The molecule has 2 unspecified atom stereocenters. The van der Waals surface area contributed by atoms with Gasteiger partial charge in [0.2, 0.25) is 0 Å². The summed E-state index contributed by atoms with van der Waals surface area (Å²) in [6, 6.07) is 21.3. The zero-order valence-corrected chi connectivity index (χ0v) is 30.8. The van der Waals surface area contributed by atoms with Crippen molar-refractivity contribution in [3.63, 3.8) is 0 Å². The van der Waals surface area contributed by atoms with Gasteiger partial charge in [-0.25, -0.2) is 0 Å². The van der Waals surface area contributed by atoms with Crippen LogP contribution in [0.4, 0.5) is 0 Å². The first-order chi connectivity index (χ1) is 24.1. The number of hydrogen-bond donors (Lipinski definition) is 0. The molecule has 0 radical (unpaired) electrons. The molecular formula is C46H64N2O. The minimum absolute atomic E-state index is 0.0289. The molecule has 4 aliphatic carbocycles. The third-order valence-electron chi connectivity index (χ3n) is 14.0. The maximum absolute atomic E-state index is 9.57. The number of nitrogens with zero attached hydrogens (tertiary/aromatic N) is 2. The Labute approximate surface area is 299 Å². The summed E-state index contributed by atoms with van der Waals surface area (Å²) in [5.74, 6) is 6.54. The number of rotatable bonds is 12. The number of hydrogen-bond acceptors (Lipinski definition) is 3. The van der Waals surface area contributed by atoms with Crippen molar-refractivity contribution in [3.8, 4) is 12.1 Å². The highest BCUT2D eigenvalue weighted by atomic mass is 16.5. The third kappa shape index (κ3) is 9.39. The Morgan fingerprint density at radius 3 is 1.08 bits per heavy atom. The highest BCUT2D eigenvalue weighted by Crippen LogP contribution is 2.50. The van der Waals surface area contributed by atoms with Gasteiger partial charge in [-0.2, -0.15) is 10.5 Å². The van der Waals surface area contributed by atoms with Crippen molar-refractivity contribution in [2.24, 2.45) is 47.3 Å². The number of benzene rings is 2. The van der Waals surface area contributed by atoms with Crippen molar-refractivity contribution in [1.82, 2.24) is 0 Å². The highest BCUT2D eigenvalue weighted by Gasteiger charge is 2.39. The van der Waals surface area contributed by atoms with Gasteiger partial charge in [0.25, 0.3) is 0 Å². The van der Waals surface area contributed by atoms with Gasteiger partial charge in [0.05, 0.1) is 35.5 Å². The molecule has 0 saturated heterocycles. The molecule has 3 nitrogen and oxygen atoms in total. The third-order valence-corrected chi connectivity index (χ3v) is 14.0. The monoisotopic (exact) mass is 661 g/mol. The van der Waals surface area contributed by atoms with Crippen molar-refractivity contribution in [1.29, 1.82) is 10.5 Å². The molecule has 2 aromatic rings. The maximum Gasteiger partial charge on any atom is 0.0991 e. The molecule has 0 aromatic heterocycles. The summed E-state index contributed by atoms with van der Waals surface area (Å²) in [7, 11) is 0. The number of nitriles is 2. The Morgan fingerprint density at radius 2 is 0.796 bits per heavy atom. The van der Waals surface area contributed by atoms with Gasteiger partial charge in [-0.05, 0) is 160 Å². The molecule has 264 valence electrons. The van der Waals surface area contributed by atoms with Gasteiger partial charge in [0, 0.05) is 0 Å². The van der Waals surface area contributed by atoms with Gasteiger partial charge in [-0.15, -0.1) is 0 Å². The summed E-state index contributed by atoms with van der Waals surface area (Å²) in [6.07, 6.45) is 27.4. The Balaban J connectivity index is 1.17. The van der Waals surface area contributed by atoms with Crippen LogP contribution < -0.4 is 0 Å². The van der Waals surface area contributed by atoms with Crippen molar-refractivity contribution < 1.29 is 4.74 Å². The fourth-order valence-corrected chi connectivity index (χ4v) is 11.1. The Hall–Kier alpha value is -2.62. The van der Waals surface area contributed by atoms with Gasteiger partial charge in [0.15, 0.2) is 0 Å². The normalized spacial score (nSPS) is 32.0. The molecule has 0 bridgehead atoms. The molecule has 0 amide bonds. The van der Waals surface area contributed by atoms with Crippen LogP contribution in [0, 0.1) is 70.0 Å². The van der Waals surface area contributed by atoms with Crippen LogP contribution in [0.2, 0.25) is 0 Å². The van der Waals surface area contributed by atoms with Gasteiger partial charge in [-0.3, -0.25) is 0 Å². The molecule has 49 heavy (non-hydrogen) atoms. The van der Waals surface area contributed by atoms with Crippen molar-refractivity contribution >= 4 is 0 Å². The predicted molar refractivity (Wildman–Crippen MR) is 200 cm³/mol. The maximum atomic E-state index is 9.57. The van der Waals surface area contributed by atoms with E-state index in [1.165, 1.54) is 140 Å². The largest absolute Gasteiger partial charge is 0.365 e. The van der Waals surface area contributed by atoms with E-state index >= 15 is 0 Å². The summed E-state index contributed by atoms with van der Waals surface area (Å²) < 4.78 is 7.53. The summed E-state index contributed by atoms with van der Waals surface area (Å²) in [5, 5.41) is 19.1. The molecular weight excluding hydrogens is 597 g/mol. The van der Waals surface area contributed by atoms with E-state index in [-0.39, 0.29) is 12.2 Å². The topological polar surface area (TPSA) is 56.8 Å². The van der Waals surface area contributed by atoms with E-state index in [2.05, 4.69) is 50.3 Å². The Kier molecular flexibility index (Phi) is 13.3. The summed E-state index contributed by atoms with van der Waals surface area (Å²) in [5.41, 5.74) is 3.91. The smallest absolute Gasteiger partial charge is 0.0991 e. The molecule has 4 fully saturated rings. The van der Waals surface area contributed by atoms with Crippen LogP contribution >= 0.6 is 0 Å². The summed E-state index contributed by atoms with van der Waals surface area (Å²) in [4.78, 5) is 0. The minimum Gasteiger partial charge on any atom is -0.365 e. The minimum atomic E-state index is 0.0289. The zero-order valence-electron chi connectivity index (χ0n) is 30.8. The Morgan fingerprint density at radius 1 is 0.490 bits per heavy atom. The van der Waals surface area contributed by atoms with E-state index in [4.69, 9.17) is 4.74 Å². The zero-order chi connectivity index (χ0) is 34.0. The molecule has 2 atom stereocenters. The van der Waals surface area contributed by atoms with E-state index in [1.807, 2.05) is 24.3 Å². The van der Waals surface area contributed by atoms with E-state index in [0.29, 0.717) is 11.8 Å². The number of ether oxygens (including phenoxy) is 1. The van der Waals surface area contributed by atoms with Crippen molar-refractivity contribution in [3.05, 3.63) is 70.8 Å². The van der Waals surface area contributed by atoms with Crippen LogP contribution in [0.5, 0.6) is 0 Å². The molecule has 0 aliphatic heterocycles. The molecule has 0 N–H and O–H groups in total. The summed E-state index contributed by atoms with van der Waals surface area (Å²) >= 11 is 0. The lowest BCUT2D eigenvalue weighted by atomic mass is 9.67. The highest BCUT2D eigenvalue weighted by molar-refractivity contribution is 5.34. The van der Waals surface area contributed by atoms with Crippen LogP contribution in [-0.2, 0) is 4.74 Å². The van der Waals surface area contributed by atoms with Crippen LogP contribution in [0.25, 0.3) is 0 Å². The van der Waals surface area contributed by atoms with Crippen molar-refractivity contribution in [2.75, 3.05) is 0 Å². The Bertz CT molecular complexity index is 1230. The standard InChI is InChI=1S/C46H64N2O/c1-3-5-33-7-15-37(16-8-33)39-23-27-43(28-24-39)45(41-19-11-35(31-47)12-20-41)49-46(42-21-13-36(32-48)14-22-42)44-29-25-40(26-30-44)38-17-9-34(6-4-2)10-18-38/h11-14,19-22,33-34,37-40,43-46H,3-10,15-18,23-30H2,1-2H3/t33-,34-,37-,38-,39-,40-,43-,44-,45?,46?. The molecule has 2 aromatic carbocycles. The lowest BCUT2D eigenvalue weighted by Gasteiger charge is -2.43. The molecule has 0 spiro atoms. The van der Waals surface area contributed by atoms with Gasteiger partial charge >= 0.3 is 0 Å². The van der Waals surface area contributed by atoms with Crippen LogP contribution in [0.1, 0.15) is 177 Å². The predicted octanol–water partition coefficient (Wildman–Crippen LogP) is 13.1. The average molecular weight is 661 g/mol. The molecule has 3 heteroatoms. The average Bonchev–Trinajstić information content (AvgIpc) is 3.17. The first-order valence-corrected chi connectivity index (χ1v) is 20.7. The lowest BCUT2D eigenvalue weighted by molar-refractivity contribution is -0.0934. The summed E-state index contributed by atoms with van der Waals surface area (Å²) in [6.45, 7) is 4.69. The second-order valence-corrected chi connectivity index (χ2v) is 16.9. The second kappa shape index (κ2) is 18.0. The lowest BCUT2D eigenvalue weighted by Crippen LogP contribution is -2.31. The first-order valence-electron chi connectivity index (χ1n) is 20.7. The molecule has 0 heterocycles. The van der Waals surface area contributed by atoms with Crippen LogP contribution in [0.15, 0.2) is 48.5 Å². The van der Waals surface area contributed by atoms with E-state index in [0.717, 1.165) is 46.6 Å². The molecule has 6 rings (SSSR count). The van der Waals surface area contributed by atoms with E-state index < -0.39 is 0 Å².